The summed E-state index contributed by atoms with van der Waals surface area (Å²) in [6.45, 7) is 2.30. The minimum Gasteiger partial charge on any atom is -0.388 e. The highest BCUT2D eigenvalue weighted by Crippen LogP contribution is 2.30. The van der Waals surface area contributed by atoms with Crippen LogP contribution in [0.1, 0.15) is 40.4 Å². The summed E-state index contributed by atoms with van der Waals surface area (Å²) in [5, 5.41) is 11.1. The first-order chi connectivity index (χ1) is 8.00. The Morgan fingerprint density at radius 3 is 2.76 bits per heavy atom. The fourth-order valence-electron chi connectivity index (χ4n) is 2.35. The molecule has 1 aromatic heterocycles. The van der Waals surface area contributed by atoms with Crippen molar-refractivity contribution in [2.45, 2.75) is 38.2 Å². The monoisotopic (exact) mass is 254 g/mol. The van der Waals surface area contributed by atoms with Crippen LogP contribution in [-0.2, 0) is 0 Å². The number of hydrogen-bond donors (Lipinski definition) is 1. The number of carbonyl (C=O) groups is 1. The fourth-order valence-corrected chi connectivity index (χ4v) is 3.13. The van der Waals surface area contributed by atoms with Gasteiger partial charge in [0, 0.05) is 13.6 Å². The number of carbonyl (C=O) groups excluding carboxylic acids is 1. The Labute approximate surface area is 105 Å². The molecule has 0 aromatic carbocycles. The van der Waals surface area contributed by atoms with Crippen LogP contribution in [0.4, 0.5) is 0 Å². The van der Waals surface area contributed by atoms with Crippen LogP contribution in [0.15, 0.2) is 6.20 Å². The van der Waals surface area contributed by atoms with Gasteiger partial charge < -0.3 is 10.0 Å². The predicted octanol–water partition coefficient (Wildman–Crippen LogP) is 1.83. The molecule has 1 heterocycles. The van der Waals surface area contributed by atoms with Gasteiger partial charge in [0.2, 0.25) is 0 Å². The summed E-state index contributed by atoms with van der Waals surface area (Å²) in [5.41, 5.74) is -0.676. The summed E-state index contributed by atoms with van der Waals surface area (Å²) in [5.74, 6) is -0.0454. The van der Waals surface area contributed by atoms with E-state index in [0.717, 1.165) is 30.7 Å². The van der Waals surface area contributed by atoms with Crippen molar-refractivity contribution in [2.24, 2.45) is 0 Å². The Balaban J connectivity index is 2.00. The third kappa shape index (κ3) is 2.84. The summed E-state index contributed by atoms with van der Waals surface area (Å²) < 4.78 is 0. The zero-order valence-corrected chi connectivity index (χ0v) is 11.1. The highest BCUT2D eigenvalue weighted by Gasteiger charge is 2.33. The standard InChI is InChI=1S/C12H18N2O2S/c1-9-13-7-10(17-9)11(15)14(2)8-12(16)5-3-4-6-12/h7,16H,3-6,8H2,1-2H3. The van der Waals surface area contributed by atoms with Crippen LogP contribution >= 0.6 is 11.3 Å². The minimum atomic E-state index is -0.676. The van der Waals surface area contributed by atoms with Crippen molar-refractivity contribution >= 4 is 17.2 Å². The number of aromatic nitrogens is 1. The molecular weight excluding hydrogens is 236 g/mol. The molecule has 17 heavy (non-hydrogen) atoms. The lowest BCUT2D eigenvalue weighted by atomic mass is 10.0. The van der Waals surface area contributed by atoms with Crippen LogP contribution in [-0.4, -0.2) is 40.1 Å². The first-order valence-corrected chi connectivity index (χ1v) is 6.72. The Morgan fingerprint density at radius 2 is 2.24 bits per heavy atom. The molecule has 1 amide bonds. The average Bonchev–Trinajstić information content (AvgIpc) is 2.86. The lowest BCUT2D eigenvalue weighted by Gasteiger charge is -2.28. The highest BCUT2D eigenvalue weighted by atomic mass is 32.1. The smallest absolute Gasteiger partial charge is 0.265 e. The summed E-state index contributed by atoms with van der Waals surface area (Å²) in [6, 6.07) is 0. The first kappa shape index (κ1) is 12.5. The molecule has 94 valence electrons. The van der Waals surface area contributed by atoms with E-state index in [2.05, 4.69) is 4.98 Å². The van der Waals surface area contributed by atoms with Crippen molar-refractivity contribution in [3.63, 3.8) is 0 Å². The maximum Gasteiger partial charge on any atom is 0.265 e. The van der Waals surface area contributed by atoms with Gasteiger partial charge in [-0.1, -0.05) is 12.8 Å². The van der Waals surface area contributed by atoms with Gasteiger partial charge in [0.15, 0.2) is 0 Å². The number of nitrogens with zero attached hydrogens (tertiary/aromatic N) is 2. The van der Waals surface area contributed by atoms with Crippen molar-refractivity contribution in [1.82, 2.24) is 9.88 Å². The molecule has 0 aliphatic heterocycles. The lowest BCUT2D eigenvalue weighted by molar-refractivity contribution is 0.0158. The molecule has 1 N–H and O–H groups in total. The van der Waals surface area contributed by atoms with E-state index in [1.807, 2.05) is 6.92 Å². The van der Waals surface area contributed by atoms with E-state index < -0.39 is 5.60 Å². The second-order valence-corrected chi connectivity index (χ2v) is 6.07. The second-order valence-electron chi connectivity index (χ2n) is 4.84. The summed E-state index contributed by atoms with van der Waals surface area (Å²) >= 11 is 1.40. The summed E-state index contributed by atoms with van der Waals surface area (Å²) in [7, 11) is 1.74. The summed E-state index contributed by atoms with van der Waals surface area (Å²) in [4.78, 5) is 18.4. The maximum atomic E-state index is 12.1. The van der Waals surface area contributed by atoms with E-state index in [1.165, 1.54) is 11.3 Å². The van der Waals surface area contributed by atoms with Crippen LogP contribution in [0.3, 0.4) is 0 Å². The third-order valence-electron chi connectivity index (χ3n) is 3.24. The molecule has 4 nitrogen and oxygen atoms in total. The molecule has 0 saturated heterocycles. The van der Waals surface area contributed by atoms with Crippen molar-refractivity contribution in [1.29, 1.82) is 0 Å². The molecule has 1 aliphatic carbocycles. The molecule has 0 spiro atoms. The average molecular weight is 254 g/mol. The van der Waals surface area contributed by atoms with Gasteiger partial charge in [-0.3, -0.25) is 4.79 Å². The van der Waals surface area contributed by atoms with Gasteiger partial charge in [-0.25, -0.2) is 4.98 Å². The van der Waals surface area contributed by atoms with E-state index in [0.29, 0.717) is 11.4 Å². The van der Waals surface area contributed by atoms with E-state index >= 15 is 0 Å². The molecule has 0 unspecified atom stereocenters. The molecule has 1 saturated carbocycles. The number of rotatable bonds is 3. The normalized spacial score (nSPS) is 18.3. The van der Waals surface area contributed by atoms with Crippen LogP contribution in [0.2, 0.25) is 0 Å². The predicted molar refractivity (Wildman–Crippen MR) is 67.2 cm³/mol. The van der Waals surface area contributed by atoms with Crippen molar-refractivity contribution in [2.75, 3.05) is 13.6 Å². The number of likely N-dealkylation sites (N-methyl/N-ethyl adjacent to an activating group) is 1. The Morgan fingerprint density at radius 1 is 1.59 bits per heavy atom. The molecule has 2 rings (SSSR count). The maximum absolute atomic E-state index is 12.1. The molecular formula is C12H18N2O2S. The Bertz CT molecular complexity index is 410. The zero-order valence-electron chi connectivity index (χ0n) is 10.3. The van der Waals surface area contributed by atoms with Gasteiger partial charge in [-0.15, -0.1) is 11.3 Å². The minimum absolute atomic E-state index is 0.0454. The highest BCUT2D eigenvalue weighted by molar-refractivity contribution is 7.13. The van der Waals surface area contributed by atoms with Crippen molar-refractivity contribution in [3.05, 3.63) is 16.1 Å². The second kappa shape index (κ2) is 4.74. The van der Waals surface area contributed by atoms with Crippen LogP contribution in [0.25, 0.3) is 0 Å². The molecule has 5 heteroatoms. The van der Waals surface area contributed by atoms with Gasteiger partial charge in [0.1, 0.15) is 4.88 Å². The molecule has 0 atom stereocenters. The van der Waals surface area contributed by atoms with Crippen molar-refractivity contribution in [3.8, 4) is 0 Å². The first-order valence-electron chi connectivity index (χ1n) is 5.90. The van der Waals surface area contributed by atoms with Crippen molar-refractivity contribution < 1.29 is 9.90 Å². The number of amides is 1. The van der Waals surface area contributed by atoms with E-state index in [9.17, 15) is 9.90 Å². The number of aliphatic hydroxyl groups is 1. The third-order valence-corrected chi connectivity index (χ3v) is 4.15. The molecule has 1 fully saturated rings. The molecule has 0 bridgehead atoms. The Hall–Kier alpha value is -0.940. The van der Waals surface area contributed by atoms with Gasteiger partial charge >= 0.3 is 0 Å². The summed E-state index contributed by atoms with van der Waals surface area (Å²) in [6.07, 6.45) is 5.31. The van der Waals surface area contributed by atoms with E-state index in [1.54, 1.807) is 18.1 Å². The van der Waals surface area contributed by atoms with Gasteiger partial charge in [0.05, 0.1) is 16.8 Å². The molecule has 1 aliphatic rings. The topological polar surface area (TPSA) is 53.4 Å². The number of hydrogen-bond acceptors (Lipinski definition) is 4. The van der Waals surface area contributed by atoms with Gasteiger partial charge in [-0.2, -0.15) is 0 Å². The van der Waals surface area contributed by atoms with E-state index in [-0.39, 0.29) is 5.91 Å². The Kier molecular flexibility index (Phi) is 3.49. The lowest BCUT2D eigenvalue weighted by Crippen LogP contribution is -2.41. The quantitative estimate of drug-likeness (QED) is 0.895. The van der Waals surface area contributed by atoms with Crippen LogP contribution < -0.4 is 0 Å². The number of aryl methyl sites for hydroxylation is 1. The fraction of sp³-hybridized carbons (Fsp3) is 0.667. The SMILES string of the molecule is Cc1ncc(C(=O)N(C)CC2(O)CCCC2)s1. The van der Waals surface area contributed by atoms with Gasteiger partial charge in [-0.05, 0) is 19.8 Å². The molecule has 1 aromatic rings. The van der Waals surface area contributed by atoms with Gasteiger partial charge in [0.25, 0.3) is 5.91 Å². The largest absolute Gasteiger partial charge is 0.388 e. The number of thiazole rings is 1. The van der Waals surface area contributed by atoms with Crippen LogP contribution in [0, 0.1) is 6.92 Å². The zero-order chi connectivity index (χ0) is 12.5. The van der Waals surface area contributed by atoms with E-state index in [4.69, 9.17) is 0 Å². The van der Waals surface area contributed by atoms with Crippen LogP contribution in [0.5, 0.6) is 0 Å². The molecule has 0 radical (unpaired) electrons.